The molecule has 0 saturated heterocycles. The van der Waals surface area contributed by atoms with E-state index < -0.39 is 18.2 Å². The maximum atomic E-state index is 13.2. The van der Waals surface area contributed by atoms with Crippen LogP contribution in [0.1, 0.15) is 245 Å². The van der Waals surface area contributed by atoms with Crippen molar-refractivity contribution in [3.8, 4) is 0 Å². The highest BCUT2D eigenvalue weighted by Gasteiger charge is 2.24. The van der Waals surface area contributed by atoms with Gasteiger partial charge in [0.15, 0.2) is 0 Å². The summed E-state index contributed by atoms with van der Waals surface area (Å²) >= 11 is 0. The summed E-state index contributed by atoms with van der Waals surface area (Å²) < 4.78 is 5.92. The average molecular weight is 866 g/mol. The molecule has 0 rings (SSSR count). The summed E-state index contributed by atoms with van der Waals surface area (Å²) in [6, 6.07) is -0.714. The molecular weight excluding hydrogens is 767 g/mol. The Hall–Kier alpha value is -2.70. The molecule has 0 aromatic carbocycles. The summed E-state index contributed by atoms with van der Waals surface area (Å²) in [5.41, 5.74) is 0. The largest absolute Gasteiger partial charge is 0.462 e. The van der Waals surface area contributed by atoms with Gasteiger partial charge in [-0.1, -0.05) is 229 Å². The summed E-state index contributed by atoms with van der Waals surface area (Å²) in [4.78, 5) is 26.1. The van der Waals surface area contributed by atoms with Crippen LogP contribution in [0.2, 0.25) is 0 Å². The van der Waals surface area contributed by atoms with Crippen molar-refractivity contribution < 1.29 is 24.5 Å². The number of rotatable bonds is 46. The van der Waals surface area contributed by atoms with Crippen molar-refractivity contribution in [1.82, 2.24) is 5.32 Å². The van der Waals surface area contributed by atoms with Crippen molar-refractivity contribution >= 4 is 11.9 Å². The lowest BCUT2D eigenvalue weighted by molar-refractivity contribution is -0.151. The number of amides is 1. The fraction of sp³-hybridized carbons (Fsp3) is 0.750. The van der Waals surface area contributed by atoms with Crippen molar-refractivity contribution in [3.05, 3.63) is 72.9 Å². The molecule has 0 aliphatic rings. The lowest BCUT2D eigenvalue weighted by Gasteiger charge is -2.24. The van der Waals surface area contributed by atoms with Gasteiger partial charge in [0.05, 0.1) is 25.2 Å². The topological polar surface area (TPSA) is 95.9 Å². The van der Waals surface area contributed by atoms with Gasteiger partial charge in [-0.3, -0.25) is 9.59 Å². The summed E-state index contributed by atoms with van der Waals surface area (Å²) in [6.07, 6.45) is 62.4. The molecule has 3 unspecified atom stereocenters. The van der Waals surface area contributed by atoms with Crippen LogP contribution >= 0.6 is 0 Å². The Kier molecular flexibility index (Phi) is 47.2. The van der Waals surface area contributed by atoms with Crippen molar-refractivity contribution in [2.45, 2.75) is 264 Å². The van der Waals surface area contributed by atoms with Crippen molar-refractivity contribution in [2.24, 2.45) is 0 Å². The number of ether oxygens (including phenoxy) is 1. The number of carbonyl (C=O) groups is 2. The van der Waals surface area contributed by atoms with E-state index in [1.807, 2.05) is 0 Å². The zero-order valence-corrected chi connectivity index (χ0v) is 40.7. The van der Waals surface area contributed by atoms with E-state index in [4.69, 9.17) is 4.74 Å². The van der Waals surface area contributed by atoms with E-state index in [0.717, 1.165) is 109 Å². The Bertz CT molecular complexity index is 1150. The molecule has 0 aliphatic carbocycles. The van der Waals surface area contributed by atoms with Crippen LogP contribution < -0.4 is 5.32 Å². The highest BCUT2D eigenvalue weighted by atomic mass is 16.5. The van der Waals surface area contributed by atoms with Crippen LogP contribution in [-0.2, 0) is 14.3 Å². The minimum Gasteiger partial charge on any atom is -0.462 e. The molecule has 3 N–H and O–H groups in total. The zero-order chi connectivity index (χ0) is 45.2. The standard InChI is InChI=1S/C56H99NO5/c1-4-7-10-13-16-19-22-25-26-27-28-29-31-34-37-40-43-46-49-56(61)62-52(47-44-41-38-35-32-24-21-18-15-12-9-6-3)50-55(60)57-53(51-58)54(59)48-45-42-39-36-33-30-23-20-17-14-11-8-5-2/h9,12,16,18-19,21-22,25-29,52-54,58-59H,4-8,10-11,13-15,17,20,23-24,30-51H2,1-3H3,(H,57,60)/b12-9+,19-16+,21-18+,25-22+,27-26+,29-28+. The lowest BCUT2D eigenvalue weighted by atomic mass is 10.0. The van der Waals surface area contributed by atoms with Gasteiger partial charge in [0.2, 0.25) is 5.91 Å². The number of esters is 1. The maximum Gasteiger partial charge on any atom is 0.306 e. The van der Waals surface area contributed by atoms with E-state index in [0.29, 0.717) is 19.3 Å². The molecule has 0 saturated carbocycles. The Balaban J connectivity index is 4.61. The summed E-state index contributed by atoms with van der Waals surface area (Å²) in [5.74, 6) is -0.515. The SMILES string of the molecule is CC/C=C/C/C=C/CCCCCCCC(CC(=O)NC(CO)C(O)CCCCCCCCCCCCCCC)OC(=O)CCCCCCC/C=C/C=C/C=C/C=C/CCCCC. The van der Waals surface area contributed by atoms with E-state index in [-0.39, 0.29) is 24.9 Å². The molecule has 6 heteroatoms. The molecule has 1 amide bonds. The smallest absolute Gasteiger partial charge is 0.306 e. The van der Waals surface area contributed by atoms with Gasteiger partial charge >= 0.3 is 5.97 Å². The van der Waals surface area contributed by atoms with Crippen LogP contribution in [0.3, 0.4) is 0 Å². The van der Waals surface area contributed by atoms with Gasteiger partial charge in [-0.25, -0.2) is 0 Å². The Morgan fingerprint density at radius 3 is 1.48 bits per heavy atom. The van der Waals surface area contributed by atoms with E-state index in [9.17, 15) is 19.8 Å². The maximum absolute atomic E-state index is 13.2. The second-order valence-electron chi connectivity index (χ2n) is 17.6. The second kappa shape index (κ2) is 49.3. The van der Waals surface area contributed by atoms with Crippen LogP contribution in [0.15, 0.2) is 72.9 Å². The number of hydrogen-bond acceptors (Lipinski definition) is 5. The fourth-order valence-electron chi connectivity index (χ4n) is 7.66. The third-order valence-corrected chi connectivity index (χ3v) is 11.6. The number of aliphatic hydroxyl groups is 2. The Morgan fingerprint density at radius 2 is 0.935 bits per heavy atom. The normalized spacial score (nSPS) is 13.8. The molecule has 3 atom stereocenters. The van der Waals surface area contributed by atoms with Gasteiger partial charge in [0, 0.05) is 6.42 Å². The lowest BCUT2D eigenvalue weighted by Crippen LogP contribution is -2.46. The van der Waals surface area contributed by atoms with Gasteiger partial charge in [0.25, 0.3) is 0 Å². The van der Waals surface area contributed by atoms with Gasteiger partial charge in [-0.05, 0) is 77.0 Å². The molecule has 0 bridgehead atoms. The number of hydrogen-bond donors (Lipinski definition) is 3. The second-order valence-corrected chi connectivity index (χ2v) is 17.6. The molecule has 0 heterocycles. The monoisotopic (exact) mass is 866 g/mol. The molecule has 0 aromatic rings. The number of allylic oxidation sites excluding steroid dienone is 12. The van der Waals surface area contributed by atoms with Crippen LogP contribution in [0, 0.1) is 0 Å². The molecule has 0 aromatic heterocycles. The Labute approximate surface area is 383 Å². The average Bonchev–Trinajstić information content (AvgIpc) is 3.26. The summed E-state index contributed by atoms with van der Waals surface area (Å²) in [5, 5.41) is 23.8. The van der Waals surface area contributed by atoms with E-state index in [2.05, 4.69) is 99.0 Å². The fourth-order valence-corrected chi connectivity index (χ4v) is 7.66. The van der Waals surface area contributed by atoms with Gasteiger partial charge in [0.1, 0.15) is 6.10 Å². The van der Waals surface area contributed by atoms with Gasteiger partial charge < -0.3 is 20.3 Å². The predicted molar refractivity (Wildman–Crippen MR) is 268 cm³/mol. The van der Waals surface area contributed by atoms with Crippen molar-refractivity contribution in [3.63, 3.8) is 0 Å². The molecule has 0 aliphatic heterocycles. The predicted octanol–water partition coefficient (Wildman–Crippen LogP) is 15.8. The van der Waals surface area contributed by atoms with Gasteiger partial charge in [-0.15, -0.1) is 0 Å². The molecule has 0 fully saturated rings. The molecular formula is C56H99NO5. The summed E-state index contributed by atoms with van der Waals surface area (Å²) in [7, 11) is 0. The van der Waals surface area contributed by atoms with Gasteiger partial charge in [-0.2, -0.15) is 0 Å². The number of aliphatic hydroxyl groups excluding tert-OH is 2. The number of carbonyl (C=O) groups excluding carboxylic acids is 2. The number of unbranched alkanes of at least 4 members (excludes halogenated alkanes) is 25. The Morgan fingerprint density at radius 1 is 0.500 bits per heavy atom. The molecule has 6 nitrogen and oxygen atoms in total. The summed E-state index contributed by atoms with van der Waals surface area (Å²) in [6.45, 7) is 6.33. The highest BCUT2D eigenvalue weighted by molar-refractivity contribution is 5.77. The van der Waals surface area contributed by atoms with Crippen LogP contribution in [0.4, 0.5) is 0 Å². The molecule has 358 valence electrons. The van der Waals surface area contributed by atoms with Crippen molar-refractivity contribution in [1.29, 1.82) is 0 Å². The first-order valence-electron chi connectivity index (χ1n) is 26.2. The molecule has 0 spiro atoms. The quantitative estimate of drug-likeness (QED) is 0.0245. The van der Waals surface area contributed by atoms with Crippen LogP contribution in [0.25, 0.3) is 0 Å². The minimum atomic E-state index is -0.798. The van der Waals surface area contributed by atoms with Crippen LogP contribution in [-0.4, -0.2) is 46.9 Å². The third kappa shape index (κ3) is 43.9. The van der Waals surface area contributed by atoms with Crippen LogP contribution in [0.5, 0.6) is 0 Å². The zero-order valence-electron chi connectivity index (χ0n) is 40.7. The first-order chi connectivity index (χ1) is 30.5. The molecule has 0 radical (unpaired) electrons. The first kappa shape index (κ1) is 59.3. The molecule has 62 heavy (non-hydrogen) atoms. The van der Waals surface area contributed by atoms with E-state index >= 15 is 0 Å². The van der Waals surface area contributed by atoms with Crippen molar-refractivity contribution in [2.75, 3.05) is 6.61 Å². The van der Waals surface area contributed by atoms with E-state index in [1.54, 1.807) is 0 Å². The first-order valence-corrected chi connectivity index (χ1v) is 26.2. The number of nitrogens with one attached hydrogen (secondary N) is 1. The third-order valence-electron chi connectivity index (χ3n) is 11.6. The highest BCUT2D eigenvalue weighted by Crippen LogP contribution is 2.18. The van der Waals surface area contributed by atoms with E-state index in [1.165, 1.54) is 89.9 Å². The minimum absolute atomic E-state index is 0.0557.